The lowest BCUT2D eigenvalue weighted by molar-refractivity contribution is -0.122. The Morgan fingerprint density at radius 2 is 2.00 bits per heavy atom. The largest absolute Gasteiger partial charge is 0.352 e. The van der Waals surface area contributed by atoms with Crippen LogP contribution in [0.5, 0.6) is 0 Å². The molecule has 23 heavy (non-hydrogen) atoms. The van der Waals surface area contributed by atoms with Crippen molar-refractivity contribution in [3.8, 4) is 0 Å². The van der Waals surface area contributed by atoms with Gasteiger partial charge in [0.25, 0.3) is 0 Å². The highest BCUT2D eigenvalue weighted by Gasteiger charge is 2.26. The van der Waals surface area contributed by atoms with Gasteiger partial charge in [0.05, 0.1) is 6.54 Å². The number of urea groups is 1. The van der Waals surface area contributed by atoms with Crippen LogP contribution in [0.3, 0.4) is 0 Å². The minimum Gasteiger partial charge on any atom is -0.352 e. The molecule has 1 saturated carbocycles. The first-order valence-electron chi connectivity index (χ1n) is 8.26. The van der Waals surface area contributed by atoms with Crippen molar-refractivity contribution in [3.63, 3.8) is 0 Å². The summed E-state index contributed by atoms with van der Waals surface area (Å²) in [5.74, 6) is 0.112. The zero-order valence-electron chi connectivity index (χ0n) is 13.3. The number of carbonyl (C=O) groups is 2. The third kappa shape index (κ3) is 5.21. The van der Waals surface area contributed by atoms with Crippen LogP contribution in [-0.4, -0.2) is 67.0 Å². The van der Waals surface area contributed by atoms with Gasteiger partial charge in [-0.25, -0.2) is 4.79 Å². The van der Waals surface area contributed by atoms with Crippen LogP contribution in [0.1, 0.15) is 18.4 Å². The smallest absolute Gasteiger partial charge is 0.317 e. The second-order valence-corrected chi connectivity index (χ2v) is 7.00. The van der Waals surface area contributed by atoms with Gasteiger partial charge in [0, 0.05) is 38.8 Å². The number of nitrogens with zero attached hydrogens (tertiary/aromatic N) is 2. The van der Waals surface area contributed by atoms with E-state index in [9.17, 15) is 9.59 Å². The first kappa shape index (κ1) is 16.3. The Labute approximate surface area is 140 Å². The summed E-state index contributed by atoms with van der Waals surface area (Å²) < 4.78 is 0. The highest BCUT2D eigenvalue weighted by Crippen LogP contribution is 2.18. The number of hydrogen-bond acceptors (Lipinski definition) is 4. The molecule has 0 aromatic carbocycles. The van der Waals surface area contributed by atoms with E-state index in [1.165, 1.54) is 5.56 Å². The predicted molar refractivity (Wildman–Crippen MR) is 90.6 cm³/mol. The second-order valence-electron chi connectivity index (χ2n) is 6.22. The number of nitrogens with one attached hydrogen (secondary N) is 2. The quantitative estimate of drug-likeness (QED) is 0.811. The molecule has 1 aromatic heterocycles. The molecule has 0 spiro atoms. The molecule has 6 nitrogen and oxygen atoms in total. The lowest BCUT2D eigenvalue weighted by Gasteiger charge is -2.34. The monoisotopic (exact) mass is 336 g/mol. The normalized spacial score (nSPS) is 18.7. The molecule has 0 bridgehead atoms. The second kappa shape index (κ2) is 7.79. The summed E-state index contributed by atoms with van der Waals surface area (Å²) in [7, 11) is 0. The van der Waals surface area contributed by atoms with E-state index in [1.54, 1.807) is 11.3 Å². The van der Waals surface area contributed by atoms with E-state index >= 15 is 0 Å². The van der Waals surface area contributed by atoms with E-state index in [2.05, 4.69) is 32.4 Å². The highest BCUT2D eigenvalue weighted by molar-refractivity contribution is 7.07. The number of amides is 3. The van der Waals surface area contributed by atoms with Gasteiger partial charge in [0.2, 0.25) is 5.91 Å². The topological polar surface area (TPSA) is 64.7 Å². The van der Waals surface area contributed by atoms with Crippen molar-refractivity contribution in [2.75, 3.05) is 39.3 Å². The molecule has 2 heterocycles. The molecule has 0 unspecified atom stereocenters. The Balaban J connectivity index is 1.31. The van der Waals surface area contributed by atoms with Crippen LogP contribution in [0, 0.1) is 0 Å². The molecule has 2 aliphatic rings. The molecular weight excluding hydrogens is 312 g/mol. The fourth-order valence-electron chi connectivity index (χ4n) is 2.67. The van der Waals surface area contributed by atoms with Gasteiger partial charge in [-0.2, -0.15) is 11.3 Å². The Bertz CT molecular complexity index is 522. The van der Waals surface area contributed by atoms with Crippen molar-refractivity contribution in [1.82, 2.24) is 20.4 Å². The standard InChI is InChI=1S/C16H24N4O2S/c21-15(18-14-1-2-14)11-19-6-8-20(9-7-19)16(22)17-5-3-13-4-10-23-12-13/h4,10,12,14H,1-3,5-9,11H2,(H,17,22)(H,18,21). The van der Waals surface area contributed by atoms with Gasteiger partial charge in [0.15, 0.2) is 0 Å². The molecule has 1 aromatic rings. The van der Waals surface area contributed by atoms with Crippen LogP contribution < -0.4 is 10.6 Å². The van der Waals surface area contributed by atoms with Crippen molar-refractivity contribution in [2.24, 2.45) is 0 Å². The van der Waals surface area contributed by atoms with E-state index in [4.69, 9.17) is 0 Å². The van der Waals surface area contributed by atoms with Crippen LogP contribution >= 0.6 is 11.3 Å². The average Bonchev–Trinajstić information content (AvgIpc) is 3.20. The lowest BCUT2D eigenvalue weighted by Crippen LogP contribution is -2.53. The molecule has 126 valence electrons. The number of thiophene rings is 1. The maximum Gasteiger partial charge on any atom is 0.317 e. The van der Waals surface area contributed by atoms with Gasteiger partial charge in [-0.05, 0) is 41.7 Å². The average molecular weight is 336 g/mol. The number of hydrogen-bond donors (Lipinski definition) is 2. The molecule has 2 N–H and O–H groups in total. The molecule has 3 amide bonds. The van der Waals surface area contributed by atoms with E-state index in [0.717, 1.165) is 32.4 Å². The van der Waals surface area contributed by atoms with Gasteiger partial charge in [-0.1, -0.05) is 0 Å². The Morgan fingerprint density at radius 1 is 1.22 bits per heavy atom. The number of piperazine rings is 1. The fourth-order valence-corrected chi connectivity index (χ4v) is 3.38. The van der Waals surface area contributed by atoms with E-state index < -0.39 is 0 Å². The van der Waals surface area contributed by atoms with Crippen molar-refractivity contribution in [2.45, 2.75) is 25.3 Å². The van der Waals surface area contributed by atoms with E-state index in [-0.39, 0.29) is 11.9 Å². The van der Waals surface area contributed by atoms with Gasteiger partial charge in [-0.15, -0.1) is 0 Å². The highest BCUT2D eigenvalue weighted by atomic mass is 32.1. The third-order valence-electron chi connectivity index (χ3n) is 4.24. The fraction of sp³-hybridized carbons (Fsp3) is 0.625. The summed E-state index contributed by atoms with van der Waals surface area (Å²) in [6.45, 7) is 4.00. The van der Waals surface area contributed by atoms with Crippen LogP contribution in [-0.2, 0) is 11.2 Å². The lowest BCUT2D eigenvalue weighted by atomic mass is 10.2. The van der Waals surface area contributed by atoms with Crippen molar-refractivity contribution >= 4 is 23.3 Å². The zero-order valence-corrected chi connectivity index (χ0v) is 14.1. The Hall–Kier alpha value is -1.60. The number of rotatable bonds is 6. The summed E-state index contributed by atoms with van der Waals surface area (Å²) in [5.41, 5.74) is 1.27. The Kier molecular flexibility index (Phi) is 5.51. The maximum absolute atomic E-state index is 12.1. The molecular formula is C16H24N4O2S. The molecule has 1 aliphatic heterocycles. The summed E-state index contributed by atoms with van der Waals surface area (Å²) in [6.07, 6.45) is 3.10. The molecule has 1 saturated heterocycles. The van der Waals surface area contributed by atoms with Crippen LogP contribution in [0.25, 0.3) is 0 Å². The summed E-state index contributed by atoms with van der Waals surface area (Å²) in [5, 5.41) is 10.1. The van der Waals surface area contributed by atoms with Crippen LogP contribution in [0.15, 0.2) is 16.8 Å². The summed E-state index contributed by atoms with van der Waals surface area (Å²) >= 11 is 1.68. The van der Waals surface area contributed by atoms with Crippen molar-refractivity contribution < 1.29 is 9.59 Å². The third-order valence-corrected chi connectivity index (χ3v) is 4.97. The first-order valence-corrected chi connectivity index (χ1v) is 9.20. The van der Waals surface area contributed by atoms with E-state index in [1.807, 2.05) is 4.90 Å². The number of carbonyl (C=O) groups excluding carboxylic acids is 2. The van der Waals surface area contributed by atoms with Crippen LogP contribution in [0.4, 0.5) is 4.79 Å². The van der Waals surface area contributed by atoms with Gasteiger partial charge in [0.1, 0.15) is 0 Å². The van der Waals surface area contributed by atoms with Crippen molar-refractivity contribution in [1.29, 1.82) is 0 Å². The summed E-state index contributed by atoms with van der Waals surface area (Å²) in [4.78, 5) is 27.9. The van der Waals surface area contributed by atoms with Crippen molar-refractivity contribution in [3.05, 3.63) is 22.4 Å². The molecule has 0 atom stereocenters. The van der Waals surface area contributed by atoms with E-state index in [0.29, 0.717) is 32.2 Å². The predicted octanol–water partition coefficient (Wildman–Crippen LogP) is 0.896. The molecule has 0 radical (unpaired) electrons. The SMILES string of the molecule is O=C(CN1CCN(C(=O)NCCc2ccsc2)CC1)NC1CC1. The molecule has 2 fully saturated rings. The Morgan fingerprint density at radius 3 is 2.65 bits per heavy atom. The van der Waals surface area contributed by atoms with Gasteiger partial charge < -0.3 is 15.5 Å². The summed E-state index contributed by atoms with van der Waals surface area (Å²) in [6, 6.07) is 2.50. The van der Waals surface area contributed by atoms with Gasteiger partial charge >= 0.3 is 6.03 Å². The van der Waals surface area contributed by atoms with Crippen LogP contribution in [0.2, 0.25) is 0 Å². The maximum atomic E-state index is 12.1. The zero-order chi connectivity index (χ0) is 16.1. The molecule has 1 aliphatic carbocycles. The molecule has 7 heteroatoms. The first-order chi connectivity index (χ1) is 11.2. The van der Waals surface area contributed by atoms with Gasteiger partial charge in [-0.3, -0.25) is 9.69 Å². The molecule has 3 rings (SSSR count). The minimum atomic E-state index is 0.00214. The minimum absolute atomic E-state index is 0.00214.